The summed E-state index contributed by atoms with van der Waals surface area (Å²) in [6.07, 6.45) is -3.91. The molecule has 0 spiro atoms. The average molecular weight is 578 g/mol. The van der Waals surface area contributed by atoms with Gasteiger partial charge in [0.25, 0.3) is 5.97 Å². The first kappa shape index (κ1) is 45.1. The molecule has 0 saturated heterocycles. The average Bonchev–Trinajstić information content (AvgIpc) is 2.70. The van der Waals surface area contributed by atoms with Crippen LogP contribution >= 0.6 is 0 Å². The van der Waals surface area contributed by atoms with Crippen molar-refractivity contribution in [3.05, 3.63) is 0 Å². The van der Waals surface area contributed by atoms with E-state index in [2.05, 4.69) is 21.1 Å². The Morgan fingerprint density at radius 2 is 1.08 bits per heavy atom. The topological polar surface area (TPSA) is 325 Å². The number of aliphatic carboxylic acids is 7. The van der Waals surface area contributed by atoms with Gasteiger partial charge in [0, 0.05) is 6.92 Å². The summed E-state index contributed by atoms with van der Waals surface area (Å²) < 4.78 is 0.844. The maximum atomic E-state index is 10.2. The highest BCUT2D eigenvalue weighted by Gasteiger charge is 2.34. The minimum atomic E-state index is -2.85. The molecule has 0 fully saturated rings. The number of carboxylic acids is 7. The van der Waals surface area contributed by atoms with E-state index in [1.165, 1.54) is 0 Å². The van der Waals surface area contributed by atoms with E-state index in [9.17, 15) is 33.9 Å². The molecule has 0 aromatic heterocycles. The maximum absolute atomic E-state index is 10.2. The maximum Gasteiger partial charge on any atom is 0.332 e. The van der Waals surface area contributed by atoms with Gasteiger partial charge in [-0.2, -0.15) is 0 Å². The lowest BCUT2D eigenvalue weighted by Crippen LogP contribution is -2.51. The van der Waals surface area contributed by atoms with E-state index in [-0.39, 0.29) is 25.9 Å². The standard InChI is InChI=1S/C6H8O7.C5H14NO.C4H6O4.C4H8O3.C2H4O2/c7-3(8)1-6(13,5(11)12)2-4(9)10;1-6(2,3)4-5-7;5-3(6)1-2-4(7)8;1-2-3(5)4(6)7;1-2(3)4/h13H,1-2H2,(H,7,8)(H,9,10)(H,11,12);7H,4-5H2,1-3H3;1-2H2,(H,5,6)(H,7,8);3,5H,2H2,1H3,(H,6,7);1H3,(H,3,4)/q;+1;;;/p-1. The molecule has 18 heteroatoms. The number of rotatable bonds is 12. The van der Waals surface area contributed by atoms with Crippen molar-refractivity contribution in [1.29, 1.82) is 0 Å². The van der Waals surface area contributed by atoms with Gasteiger partial charge in [0.1, 0.15) is 12.1 Å². The molecule has 1 unspecified atom stereocenters. The number of aliphatic hydroxyl groups is 3. The second-order valence-electron chi connectivity index (χ2n) is 8.27. The Morgan fingerprint density at radius 3 is 1.15 bits per heavy atom. The number of likely N-dealkylation sites (N-methyl/N-ethyl adjacent to an activating group) is 1. The smallest absolute Gasteiger partial charge is 0.332 e. The molecule has 9 N–H and O–H groups in total. The largest absolute Gasteiger partial charge is 0.547 e. The van der Waals surface area contributed by atoms with Crippen LogP contribution in [0.4, 0.5) is 0 Å². The molecule has 0 saturated carbocycles. The number of quaternary nitrogens is 1. The van der Waals surface area contributed by atoms with Crippen LogP contribution in [0.15, 0.2) is 0 Å². The van der Waals surface area contributed by atoms with Crippen LogP contribution in [0, 0.1) is 0 Å². The normalized spacial score (nSPS) is 10.6. The van der Waals surface area contributed by atoms with Crippen molar-refractivity contribution in [2.75, 3.05) is 34.3 Å². The number of carbonyl (C=O) groups is 7. The van der Waals surface area contributed by atoms with Crippen molar-refractivity contribution in [2.45, 2.75) is 57.7 Å². The van der Waals surface area contributed by atoms with Crippen LogP contribution in [0.5, 0.6) is 0 Å². The highest BCUT2D eigenvalue weighted by molar-refractivity contribution is 5.86. The fourth-order valence-corrected chi connectivity index (χ4v) is 1.40. The predicted octanol–water partition coefficient (Wildman–Crippen LogP) is -3.03. The molecule has 0 heterocycles. The molecule has 0 aliphatic rings. The van der Waals surface area contributed by atoms with E-state index in [4.69, 9.17) is 50.8 Å². The van der Waals surface area contributed by atoms with Gasteiger partial charge in [-0.15, -0.1) is 0 Å². The number of aliphatic hydroxyl groups excluding tert-OH is 2. The van der Waals surface area contributed by atoms with Gasteiger partial charge in [0.15, 0.2) is 6.10 Å². The lowest BCUT2D eigenvalue weighted by molar-refractivity contribution is -0.870. The van der Waals surface area contributed by atoms with Gasteiger partial charge >= 0.3 is 29.8 Å². The number of hydrogen-bond acceptors (Lipinski definition) is 11. The zero-order valence-corrected chi connectivity index (χ0v) is 22.3. The summed E-state index contributed by atoms with van der Waals surface area (Å²) in [7, 11) is 6.16. The molecule has 1 atom stereocenters. The SMILES string of the molecule is CC(=O)O.CCC(O)C(=O)O.C[N+](C)(C)CCO.O=C(O)CC(O)(CC(=O)O)C(=O)[O-].O=C(O)CCC(=O)O. The van der Waals surface area contributed by atoms with Crippen LogP contribution in [0.2, 0.25) is 0 Å². The van der Waals surface area contributed by atoms with Gasteiger partial charge in [-0.05, 0) is 6.42 Å². The zero-order chi connectivity index (χ0) is 32.6. The van der Waals surface area contributed by atoms with E-state index >= 15 is 0 Å². The molecule has 18 nitrogen and oxygen atoms in total. The quantitative estimate of drug-likeness (QED) is 0.104. The molecule has 0 rings (SSSR count). The van der Waals surface area contributed by atoms with Gasteiger partial charge < -0.3 is 60.3 Å². The van der Waals surface area contributed by atoms with E-state index in [0.717, 1.165) is 18.0 Å². The summed E-state index contributed by atoms with van der Waals surface area (Å²) >= 11 is 0. The first-order chi connectivity index (χ1) is 17.4. The lowest BCUT2D eigenvalue weighted by atomic mass is 9.96. The van der Waals surface area contributed by atoms with Crippen LogP contribution in [-0.2, 0) is 33.6 Å². The Bertz CT molecular complexity index is 739. The van der Waals surface area contributed by atoms with Crippen molar-refractivity contribution < 1.29 is 89.1 Å². The van der Waals surface area contributed by atoms with Crippen molar-refractivity contribution in [2.24, 2.45) is 0 Å². The summed E-state index contributed by atoms with van der Waals surface area (Å²) in [5, 5.41) is 83.4. The first-order valence-electron chi connectivity index (χ1n) is 10.7. The number of nitrogens with zero attached hydrogens (tertiary/aromatic N) is 1. The molecule has 0 bridgehead atoms. The predicted molar refractivity (Wildman–Crippen MR) is 126 cm³/mol. The van der Waals surface area contributed by atoms with Crippen molar-refractivity contribution in [1.82, 2.24) is 0 Å². The Labute approximate surface area is 223 Å². The minimum Gasteiger partial charge on any atom is -0.547 e. The summed E-state index contributed by atoms with van der Waals surface area (Å²) in [5.74, 6) is -9.49. The van der Waals surface area contributed by atoms with Gasteiger partial charge in [0.2, 0.25) is 0 Å². The van der Waals surface area contributed by atoms with Crippen LogP contribution in [0.3, 0.4) is 0 Å². The summed E-state index contributed by atoms with van der Waals surface area (Å²) in [6, 6.07) is 0. The third kappa shape index (κ3) is 47.9. The third-order valence-corrected chi connectivity index (χ3v) is 3.26. The van der Waals surface area contributed by atoms with Gasteiger partial charge in [-0.1, -0.05) is 6.92 Å². The Balaban J connectivity index is -0.000000130. The molecule has 0 aliphatic heterocycles. The summed E-state index contributed by atoms with van der Waals surface area (Å²) in [6.45, 7) is 3.81. The highest BCUT2D eigenvalue weighted by atomic mass is 16.4. The molecule has 230 valence electrons. The highest BCUT2D eigenvalue weighted by Crippen LogP contribution is 2.14. The molecule has 0 amide bonds. The second-order valence-corrected chi connectivity index (χ2v) is 8.27. The minimum absolute atomic E-state index is 0.273. The molecular formula is C21H39NO17. The summed E-state index contributed by atoms with van der Waals surface area (Å²) in [5.41, 5.74) is -2.85. The van der Waals surface area contributed by atoms with Crippen LogP contribution < -0.4 is 5.11 Å². The van der Waals surface area contributed by atoms with Gasteiger partial charge in [0.05, 0.1) is 59.4 Å². The summed E-state index contributed by atoms with van der Waals surface area (Å²) in [4.78, 5) is 68.3. The van der Waals surface area contributed by atoms with Gasteiger partial charge in [-0.3, -0.25) is 24.0 Å². The molecule has 39 heavy (non-hydrogen) atoms. The van der Waals surface area contributed by atoms with Crippen molar-refractivity contribution in [3.8, 4) is 0 Å². The van der Waals surface area contributed by atoms with E-state index in [0.29, 0.717) is 0 Å². The number of carboxylic acid groups (broad SMARTS) is 7. The molecule has 0 aromatic carbocycles. The molecule has 0 aromatic rings. The second kappa shape index (κ2) is 24.5. The number of carbonyl (C=O) groups excluding carboxylic acids is 1. The Hall–Kier alpha value is -3.87. The van der Waals surface area contributed by atoms with E-state index < -0.39 is 66.3 Å². The van der Waals surface area contributed by atoms with E-state index in [1.54, 1.807) is 6.92 Å². The van der Waals surface area contributed by atoms with Crippen LogP contribution in [-0.4, -0.2) is 138 Å². The zero-order valence-electron chi connectivity index (χ0n) is 22.3. The molecule has 0 radical (unpaired) electrons. The Kier molecular flexibility index (Phi) is 28.3. The Morgan fingerprint density at radius 1 is 0.769 bits per heavy atom. The van der Waals surface area contributed by atoms with Crippen molar-refractivity contribution in [3.63, 3.8) is 0 Å². The number of hydrogen-bond donors (Lipinski definition) is 9. The fraction of sp³-hybridized carbons (Fsp3) is 0.667. The van der Waals surface area contributed by atoms with Crippen LogP contribution in [0.25, 0.3) is 0 Å². The van der Waals surface area contributed by atoms with Crippen LogP contribution in [0.1, 0.15) is 46.0 Å². The first-order valence-corrected chi connectivity index (χ1v) is 10.7. The molecule has 0 aliphatic carbocycles. The lowest BCUT2D eigenvalue weighted by Gasteiger charge is -2.25. The van der Waals surface area contributed by atoms with Crippen molar-refractivity contribution >= 4 is 41.8 Å². The van der Waals surface area contributed by atoms with Gasteiger partial charge in [-0.25, -0.2) is 4.79 Å². The monoisotopic (exact) mass is 577 g/mol. The van der Waals surface area contributed by atoms with E-state index in [1.807, 2.05) is 0 Å². The molecular weight excluding hydrogens is 538 g/mol. The third-order valence-electron chi connectivity index (χ3n) is 3.26. The fourth-order valence-electron chi connectivity index (χ4n) is 1.40.